The Morgan fingerprint density at radius 3 is 2.68 bits per heavy atom. The predicted molar refractivity (Wildman–Crippen MR) is 103 cm³/mol. The van der Waals surface area contributed by atoms with Gasteiger partial charge in [0.15, 0.2) is 0 Å². The first-order chi connectivity index (χ1) is 12.0. The van der Waals surface area contributed by atoms with E-state index >= 15 is 0 Å². The largest absolute Gasteiger partial charge is 0.455 e. The van der Waals surface area contributed by atoms with Gasteiger partial charge in [-0.1, -0.05) is 45.2 Å². The minimum atomic E-state index is -0.311. The number of hydrogen-bond acceptors (Lipinski definition) is 3. The van der Waals surface area contributed by atoms with Gasteiger partial charge in [-0.15, -0.1) is 0 Å². The van der Waals surface area contributed by atoms with Crippen molar-refractivity contribution in [1.82, 2.24) is 5.43 Å². The molecular formula is C18H11BrCl2N2O2. The predicted octanol–water partition coefficient (Wildman–Crippen LogP) is 5.78. The highest BCUT2D eigenvalue weighted by Crippen LogP contribution is 2.29. The van der Waals surface area contributed by atoms with Crippen LogP contribution in [0.4, 0.5) is 0 Å². The van der Waals surface area contributed by atoms with E-state index < -0.39 is 0 Å². The highest BCUT2D eigenvalue weighted by atomic mass is 79.9. The fourth-order valence-corrected chi connectivity index (χ4v) is 2.77. The lowest BCUT2D eigenvalue weighted by molar-refractivity contribution is 0.0955. The summed E-state index contributed by atoms with van der Waals surface area (Å²) in [6.45, 7) is 0. The van der Waals surface area contributed by atoms with Crippen molar-refractivity contribution in [3.05, 3.63) is 80.4 Å². The van der Waals surface area contributed by atoms with Crippen LogP contribution < -0.4 is 5.43 Å². The number of amides is 1. The monoisotopic (exact) mass is 436 g/mol. The molecule has 4 nitrogen and oxygen atoms in total. The van der Waals surface area contributed by atoms with Crippen LogP contribution in [0.15, 0.2) is 68.6 Å². The summed E-state index contributed by atoms with van der Waals surface area (Å²) in [7, 11) is 0. The Hall–Kier alpha value is -2.08. The van der Waals surface area contributed by atoms with Crippen molar-refractivity contribution in [1.29, 1.82) is 0 Å². The van der Waals surface area contributed by atoms with Crippen LogP contribution in [-0.4, -0.2) is 12.1 Å². The Balaban J connectivity index is 1.67. The average Bonchev–Trinajstić information content (AvgIpc) is 3.06. The van der Waals surface area contributed by atoms with E-state index in [-0.39, 0.29) is 5.91 Å². The van der Waals surface area contributed by atoms with E-state index in [2.05, 4.69) is 26.5 Å². The first-order valence-corrected chi connectivity index (χ1v) is 8.72. The molecule has 1 N–H and O–H groups in total. The summed E-state index contributed by atoms with van der Waals surface area (Å²) >= 11 is 15.2. The molecule has 0 spiro atoms. The molecule has 0 aliphatic heterocycles. The Morgan fingerprint density at radius 1 is 1.08 bits per heavy atom. The third-order valence-corrected chi connectivity index (χ3v) is 4.51. The van der Waals surface area contributed by atoms with Gasteiger partial charge in [-0.2, -0.15) is 5.10 Å². The van der Waals surface area contributed by atoms with Crippen molar-refractivity contribution in [3.63, 3.8) is 0 Å². The van der Waals surface area contributed by atoms with E-state index in [1.165, 1.54) is 6.21 Å². The molecule has 3 rings (SSSR count). The van der Waals surface area contributed by atoms with Crippen molar-refractivity contribution < 1.29 is 9.21 Å². The summed E-state index contributed by atoms with van der Waals surface area (Å²) in [6.07, 6.45) is 1.43. The molecule has 0 radical (unpaired) electrons. The molecule has 1 aromatic heterocycles. The normalized spacial score (nSPS) is 11.0. The minimum absolute atomic E-state index is 0.311. The topological polar surface area (TPSA) is 54.6 Å². The van der Waals surface area contributed by atoms with Gasteiger partial charge in [0.1, 0.15) is 11.5 Å². The molecular weight excluding hydrogens is 427 g/mol. The molecule has 7 heteroatoms. The van der Waals surface area contributed by atoms with E-state index in [4.69, 9.17) is 27.6 Å². The lowest BCUT2D eigenvalue weighted by Gasteiger charge is -2.00. The van der Waals surface area contributed by atoms with E-state index in [1.807, 2.05) is 12.1 Å². The van der Waals surface area contributed by atoms with Gasteiger partial charge in [-0.05, 0) is 48.5 Å². The summed E-state index contributed by atoms with van der Waals surface area (Å²) < 4.78 is 6.48. The number of hydrogen-bond donors (Lipinski definition) is 1. The van der Waals surface area contributed by atoms with Crippen LogP contribution in [0.2, 0.25) is 10.0 Å². The zero-order valence-electron chi connectivity index (χ0n) is 12.7. The Kier molecular flexibility index (Phi) is 5.58. The molecule has 3 aromatic rings. The van der Waals surface area contributed by atoms with Gasteiger partial charge in [0, 0.05) is 15.6 Å². The second-order valence-electron chi connectivity index (χ2n) is 5.04. The molecule has 126 valence electrons. The number of hydrazone groups is 1. The van der Waals surface area contributed by atoms with Crippen molar-refractivity contribution in [2.45, 2.75) is 0 Å². The van der Waals surface area contributed by atoms with Crippen molar-refractivity contribution in [2.24, 2.45) is 5.10 Å². The SMILES string of the molecule is O=C(NN=Cc1ccc(-c2ccc(Cl)c(Cl)c2)o1)c1cccc(Br)c1. The first kappa shape index (κ1) is 17.7. The number of benzene rings is 2. The highest BCUT2D eigenvalue weighted by Gasteiger charge is 2.07. The van der Waals surface area contributed by atoms with Crippen LogP contribution in [0.1, 0.15) is 16.1 Å². The lowest BCUT2D eigenvalue weighted by atomic mass is 10.2. The summed E-state index contributed by atoms with van der Waals surface area (Å²) in [5.41, 5.74) is 3.75. The maximum absolute atomic E-state index is 12.0. The molecule has 1 heterocycles. The maximum atomic E-state index is 12.0. The molecule has 0 unspecified atom stereocenters. The van der Waals surface area contributed by atoms with Gasteiger partial charge in [0.25, 0.3) is 5.91 Å². The summed E-state index contributed by atoms with van der Waals surface area (Å²) in [4.78, 5) is 12.0. The van der Waals surface area contributed by atoms with E-state index in [0.717, 1.165) is 10.0 Å². The molecule has 0 atom stereocenters. The Morgan fingerprint density at radius 2 is 1.92 bits per heavy atom. The lowest BCUT2D eigenvalue weighted by Crippen LogP contribution is -2.17. The third-order valence-electron chi connectivity index (χ3n) is 3.28. The van der Waals surface area contributed by atoms with Crippen molar-refractivity contribution in [2.75, 3.05) is 0 Å². The average molecular weight is 438 g/mol. The Bertz CT molecular complexity index is 954. The van der Waals surface area contributed by atoms with E-state index in [9.17, 15) is 4.79 Å². The summed E-state index contributed by atoms with van der Waals surface area (Å²) in [5, 5.41) is 4.84. The summed E-state index contributed by atoms with van der Waals surface area (Å²) in [5.74, 6) is 0.808. The van der Waals surface area contributed by atoms with E-state index in [1.54, 1.807) is 42.5 Å². The number of furan rings is 1. The number of halogens is 3. The molecule has 2 aromatic carbocycles. The molecule has 25 heavy (non-hydrogen) atoms. The van der Waals surface area contributed by atoms with Crippen LogP contribution in [0.5, 0.6) is 0 Å². The molecule has 0 saturated carbocycles. The fraction of sp³-hybridized carbons (Fsp3) is 0. The van der Waals surface area contributed by atoms with Crippen molar-refractivity contribution in [3.8, 4) is 11.3 Å². The van der Waals surface area contributed by atoms with E-state index in [0.29, 0.717) is 27.1 Å². The molecule has 0 saturated heterocycles. The third kappa shape index (κ3) is 4.51. The molecule has 0 fully saturated rings. The zero-order chi connectivity index (χ0) is 17.8. The van der Waals surface area contributed by atoms with Gasteiger partial charge < -0.3 is 4.42 Å². The van der Waals surface area contributed by atoms with Crippen LogP contribution in [0, 0.1) is 0 Å². The fourth-order valence-electron chi connectivity index (χ4n) is 2.08. The smallest absolute Gasteiger partial charge is 0.271 e. The molecule has 0 bridgehead atoms. The van der Waals surface area contributed by atoms with Crippen LogP contribution >= 0.6 is 39.1 Å². The van der Waals surface area contributed by atoms with Crippen LogP contribution in [0.3, 0.4) is 0 Å². The van der Waals surface area contributed by atoms with Crippen LogP contribution in [-0.2, 0) is 0 Å². The molecule has 1 amide bonds. The standard InChI is InChI=1S/C18H11BrCl2N2O2/c19-13-3-1-2-12(8-13)18(24)23-22-10-14-5-7-17(25-14)11-4-6-15(20)16(21)9-11/h1-10H,(H,23,24). The number of rotatable bonds is 4. The Labute approximate surface area is 162 Å². The number of carbonyl (C=O) groups excluding carboxylic acids is 1. The number of nitrogens with zero attached hydrogens (tertiary/aromatic N) is 1. The number of carbonyl (C=O) groups is 1. The van der Waals surface area contributed by atoms with Gasteiger partial charge in [0.05, 0.1) is 16.3 Å². The van der Waals surface area contributed by atoms with Gasteiger partial charge in [-0.25, -0.2) is 5.43 Å². The maximum Gasteiger partial charge on any atom is 0.271 e. The zero-order valence-corrected chi connectivity index (χ0v) is 15.8. The first-order valence-electron chi connectivity index (χ1n) is 7.17. The highest BCUT2D eigenvalue weighted by molar-refractivity contribution is 9.10. The minimum Gasteiger partial charge on any atom is -0.455 e. The molecule has 0 aliphatic rings. The van der Waals surface area contributed by atoms with Crippen LogP contribution in [0.25, 0.3) is 11.3 Å². The number of nitrogens with one attached hydrogen (secondary N) is 1. The quantitative estimate of drug-likeness (QED) is 0.415. The molecule has 0 aliphatic carbocycles. The summed E-state index contributed by atoms with van der Waals surface area (Å²) in [6, 6.07) is 15.8. The van der Waals surface area contributed by atoms with Gasteiger partial charge >= 0.3 is 0 Å². The van der Waals surface area contributed by atoms with Gasteiger partial charge in [-0.3, -0.25) is 4.79 Å². The van der Waals surface area contributed by atoms with Crippen molar-refractivity contribution >= 4 is 51.3 Å². The second kappa shape index (κ2) is 7.87. The second-order valence-corrected chi connectivity index (χ2v) is 6.77. The van der Waals surface area contributed by atoms with Gasteiger partial charge in [0.2, 0.25) is 0 Å².